The van der Waals surface area contributed by atoms with Crippen LogP contribution in [0.1, 0.15) is 69.3 Å². The number of carbonyl (C=O) groups is 3. The molecule has 0 fully saturated rings. The van der Waals surface area contributed by atoms with Gasteiger partial charge in [-0.15, -0.1) is 0 Å². The van der Waals surface area contributed by atoms with E-state index in [0.717, 1.165) is 35.7 Å². The Balaban J connectivity index is 1.45. The van der Waals surface area contributed by atoms with Crippen molar-refractivity contribution in [3.05, 3.63) is 52.5 Å². The Hall–Kier alpha value is -4.38. The summed E-state index contributed by atoms with van der Waals surface area (Å²) in [6.45, 7) is 16.4. The highest BCUT2D eigenvalue weighted by Crippen LogP contribution is 2.36. The number of aryl methyl sites for hydroxylation is 1. The number of hydrogen-bond donors (Lipinski definition) is 5. The van der Waals surface area contributed by atoms with Crippen LogP contribution >= 0.6 is 0 Å². The fourth-order valence-corrected chi connectivity index (χ4v) is 4.63. The average Bonchev–Trinajstić information content (AvgIpc) is 3.57. The highest BCUT2D eigenvalue weighted by atomic mass is 16.5. The number of H-pyrrole nitrogens is 1. The Morgan fingerprint density at radius 1 is 1.07 bits per heavy atom. The normalized spacial score (nSPS) is 13.9. The van der Waals surface area contributed by atoms with E-state index in [0.29, 0.717) is 47.1 Å². The number of aromatic amines is 1. The Kier molecular flexibility index (Phi) is 8.67. The van der Waals surface area contributed by atoms with Crippen molar-refractivity contribution in [1.82, 2.24) is 15.0 Å². The van der Waals surface area contributed by atoms with Crippen molar-refractivity contribution in [2.75, 3.05) is 40.9 Å². The van der Waals surface area contributed by atoms with Crippen LogP contribution in [0, 0.1) is 13.8 Å². The van der Waals surface area contributed by atoms with E-state index in [1.807, 2.05) is 34.6 Å². The van der Waals surface area contributed by atoms with Gasteiger partial charge in [0.05, 0.1) is 16.9 Å². The predicted octanol–water partition coefficient (Wildman–Crippen LogP) is 5.72. The summed E-state index contributed by atoms with van der Waals surface area (Å²) in [7, 11) is 0. The molecule has 0 bridgehead atoms. The molecular weight excluding hydrogens is 522 g/mol. The molecule has 218 valence electrons. The van der Waals surface area contributed by atoms with Crippen molar-refractivity contribution in [3.8, 4) is 0 Å². The molecule has 0 radical (unpaired) electrons. The number of anilines is 4. The zero-order valence-electron chi connectivity index (χ0n) is 24.7. The van der Waals surface area contributed by atoms with E-state index in [9.17, 15) is 14.4 Å². The van der Waals surface area contributed by atoms with Gasteiger partial charge in [0.2, 0.25) is 5.91 Å². The van der Waals surface area contributed by atoms with Gasteiger partial charge in [-0.05, 0) is 50.7 Å². The minimum Gasteiger partial charge on any atom is -0.359 e. The summed E-state index contributed by atoms with van der Waals surface area (Å²) in [5.74, 6) is 0.663. The first-order valence-electron chi connectivity index (χ1n) is 13.8. The molecule has 0 unspecified atom stereocenters. The third kappa shape index (κ3) is 6.86. The monoisotopic (exact) mass is 561 g/mol. The summed E-state index contributed by atoms with van der Waals surface area (Å²) in [6, 6.07) is 6.41. The lowest BCUT2D eigenvalue weighted by atomic mass is 9.93. The molecule has 3 heterocycles. The molecule has 11 heteroatoms. The zero-order valence-corrected chi connectivity index (χ0v) is 24.7. The number of rotatable bonds is 9. The fraction of sp³-hybridized carbons (Fsp3) is 0.400. The number of hydrogen-bond acceptors (Lipinski definition) is 6. The molecule has 41 heavy (non-hydrogen) atoms. The van der Waals surface area contributed by atoms with Gasteiger partial charge in [0.1, 0.15) is 5.76 Å². The van der Waals surface area contributed by atoms with Crippen LogP contribution in [0.5, 0.6) is 0 Å². The number of nitrogens with zero attached hydrogens (tertiary/aromatic N) is 2. The van der Waals surface area contributed by atoms with E-state index >= 15 is 0 Å². The van der Waals surface area contributed by atoms with Gasteiger partial charge in [-0.25, -0.2) is 4.79 Å². The summed E-state index contributed by atoms with van der Waals surface area (Å²) in [5, 5.41) is 15.2. The summed E-state index contributed by atoms with van der Waals surface area (Å²) >= 11 is 0. The Labute approximate surface area is 240 Å². The van der Waals surface area contributed by atoms with Crippen molar-refractivity contribution in [3.63, 3.8) is 0 Å². The lowest BCUT2D eigenvalue weighted by Crippen LogP contribution is -2.27. The van der Waals surface area contributed by atoms with Crippen LogP contribution in [0.25, 0.3) is 11.6 Å². The Morgan fingerprint density at radius 2 is 1.80 bits per heavy atom. The molecule has 4 rings (SSSR count). The largest absolute Gasteiger partial charge is 0.359 e. The number of fused-ring (bicyclic) bond motifs is 1. The third-order valence-corrected chi connectivity index (χ3v) is 7.13. The van der Waals surface area contributed by atoms with Gasteiger partial charge in [0.25, 0.3) is 5.91 Å². The highest BCUT2D eigenvalue weighted by Gasteiger charge is 2.26. The smallest absolute Gasteiger partial charge is 0.324 e. The molecule has 2 aromatic heterocycles. The van der Waals surface area contributed by atoms with Crippen LogP contribution in [0.2, 0.25) is 0 Å². The minimum atomic E-state index is -0.483. The first-order chi connectivity index (χ1) is 19.4. The van der Waals surface area contributed by atoms with Crippen molar-refractivity contribution < 1.29 is 18.9 Å². The van der Waals surface area contributed by atoms with Gasteiger partial charge in [-0.1, -0.05) is 45.8 Å². The Bertz CT molecular complexity index is 1490. The molecular formula is C30H39N7O4. The molecule has 1 aromatic carbocycles. The second kappa shape index (κ2) is 12.0. The Morgan fingerprint density at radius 3 is 2.46 bits per heavy atom. The van der Waals surface area contributed by atoms with Gasteiger partial charge in [0, 0.05) is 47.1 Å². The fourth-order valence-electron chi connectivity index (χ4n) is 4.63. The summed E-state index contributed by atoms with van der Waals surface area (Å²) in [6.07, 6.45) is 2.19. The van der Waals surface area contributed by atoms with E-state index in [2.05, 4.69) is 50.2 Å². The molecule has 0 spiro atoms. The first kappa shape index (κ1) is 29.6. The van der Waals surface area contributed by atoms with Crippen LogP contribution in [0.15, 0.2) is 28.8 Å². The molecule has 0 aliphatic carbocycles. The highest BCUT2D eigenvalue weighted by molar-refractivity contribution is 6.35. The van der Waals surface area contributed by atoms with E-state index in [1.165, 1.54) is 0 Å². The van der Waals surface area contributed by atoms with Gasteiger partial charge in [0.15, 0.2) is 5.82 Å². The number of amides is 4. The molecule has 1 aliphatic rings. The van der Waals surface area contributed by atoms with Crippen LogP contribution in [-0.4, -0.2) is 52.5 Å². The maximum atomic E-state index is 12.9. The van der Waals surface area contributed by atoms with Crippen molar-refractivity contribution >= 4 is 52.4 Å². The predicted molar refractivity (Wildman–Crippen MR) is 162 cm³/mol. The third-order valence-electron chi connectivity index (χ3n) is 7.13. The summed E-state index contributed by atoms with van der Waals surface area (Å²) in [4.78, 5) is 43.5. The number of nitrogens with one attached hydrogen (secondary N) is 5. The summed E-state index contributed by atoms with van der Waals surface area (Å²) in [5.41, 5.74) is 5.19. The van der Waals surface area contributed by atoms with Crippen LogP contribution in [-0.2, 0) is 15.0 Å². The first-order valence-corrected chi connectivity index (χ1v) is 13.8. The maximum absolute atomic E-state index is 12.9. The van der Waals surface area contributed by atoms with E-state index < -0.39 is 6.03 Å². The quantitative estimate of drug-likeness (QED) is 0.211. The van der Waals surface area contributed by atoms with Gasteiger partial charge >= 0.3 is 6.03 Å². The average molecular weight is 562 g/mol. The maximum Gasteiger partial charge on any atom is 0.324 e. The van der Waals surface area contributed by atoms with Crippen LogP contribution in [0.4, 0.5) is 27.7 Å². The topological polar surface area (TPSA) is 144 Å². The number of aromatic nitrogens is 2. The number of urea groups is 1. The zero-order chi connectivity index (χ0) is 29.9. The molecule has 5 N–H and O–H groups in total. The van der Waals surface area contributed by atoms with Crippen molar-refractivity contribution in [2.24, 2.45) is 0 Å². The lowest BCUT2D eigenvalue weighted by Gasteiger charge is -2.17. The van der Waals surface area contributed by atoms with Gasteiger partial charge < -0.3 is 30.4 Å². The number of carbonyl (C=O) groups excluding carboxylic acids is 3. The van der Waals surface area contributed by atoms with E-state index in [4.69, 9.17) is 4.52 Å². The second-order valence-electron chi connectivity index (χ2n) is 11.2. The van der Waals surface area contributed by atoms with Crippen LogP contribution < -0.4 is 21.3 Å². The second-order valence-corrected chi connectivity index (χ2v) is 11.2. The van der Waals surface area contributed by atoms with Crippen molar-refractivity contribution in [1.29, 1.82) is 0 Å². The molecule has 0 saturated heterocycles. The number of benzene rings is 1. The van der Waals surface area contributed by atoms with Crippen molar-refractivity contribution in [2.45, 2.75) is 60.3 Å². The summed E-state index contributed by atoms with van der Waals surface area (Å²) < 4.78 is 5.31. The minimum absolute atomic E-state index is 0.0486. The SMILES string of the molecule is CCN(CC)CCC(=O)Nc1c(C)[nH]c(C=C2C(=O)Nc3cc(NC(=O)Nc4cc(C(C)(C)C)on4)ccc32)c1C. The van der Waals surface area contributed by atoms with Gasteiger partial charge in [-0.2, -0.15) is 0 Å². The van der Waals surface area contributed by atoms with E-state index in [1.54, 1.807) is 30.3 Å². The standard InChI is InChI=1S/C30H39N7O4/c1-8-37(9-2)13-12-26(38)35-27-17(3)22(31-18(27)4)15-21-20-11-10-19(14-23(20)33-28(21)39)32-29(40)34-25-16-24(41-36-25)30(5,6)7/h10-11,14-16,31H,8-9,12-13H2,1-7H3,(H,33,39)(H,35,38)(H2,32,34,36,40). The molecule has 3 aromatic rings. The molecule has 0 saturated carbocycles. The molecule has 0 atom stereocenters. The molecule has 11 nitrogen and oxygen atoms in total. The lowest BCUT2D eigenvalue weighted by molar-refractivity contribution is -0.116. The molecule has 4 amide bonds. The van der Waals surface area contributed by atoms with Crippen LogP contribution in [0.3, 0.4) is 0 Å². The van der Waals surface area contributed by atoms with E-state index in [-0.39, 0.29) is 17.2 Å². The molecule has 1 aliphatic heterocycles. The van der Waals surface area contributed by atoms with Gasteiger partial charge in [-0.3, -0.25) is 14.9 Å².